The van der Waals surface area contributed by atoms with E-state index in [2.05, 4.69) is 33.8 Å². The lowest BCUT2D eigenvalue weighted by Gasteiger charge is -2.38. The molecular formula is C35H50O6S. The monoisotopic (exact) mass is 598 g/mol. The van der Waals surface area contributed by atoms with E-state index in [-0.39, 0.29) is 12.4 Å². The van der Waals surface area contributed by atoms with Gasteiger partial charge in [-0.2, -0.15) is 0 Å². The Kier molecular flexibility index (Phi) is 11.9. The van der Waals surface area contributed by atoms with Gasteiger partial charge in [0.05, 0.1) is 23.4 Å². The number of hydrogen-bond acceptors (Lipinski definition) is 6. The van der Waals surface area contributed by atoms with Crippen molar-refractivity contribution in [1.82, 2.24) is 0 Å². The van der Waals surface area contributed by atoms with Gasteiger partial charge < -0.3 is 18.9 Å². The van der Waals surface area contributed by atoms with Crippen LogP contribution in [-0.2, 0) is 25.7 Å². The van der Waals surface area contributed by atoms with Crippen LogP contribution in [0.25, 0.3) is 0 Å². The highest BCUT2D eigenvalue weighted by molar-refractivity contribution is 7.92. The Morgan fingerprint density at radius 2 is 1.71 bits per heavy atom. The predicted molar refractivity (Wildman–Crippen MR) is 171 cm³/mol. The maximum Gasteiger partial charge on any atom is 0.189 e. The topological polar surface area (TPSA) is 71.1 Å². The van der Waals surface area contributed by atoms with Gasteiger partial charge in [0.2, 0.25) is 0 Å². The Hall–Kier alpha value is -2.61. The van der Waals surface area contributed by atoms with Gasteiger partial charge in [-0.05, 0) is 116 Å². The van der Waals surface area contributed by atoms with E-state index in [0.29, 0.717) is 24.5 Å². The van der Waals surface area contributed by atoms with Gasteiger partial charge in [-0.25, -0.2) is 8.42 Å². The molecule has 0 amide bonds. The fraction of sp³-hybridized carbons (Fsp3) is 0.543. The van der Waals surface area contributed by atoms with E-state index < -0.39 is 15.1 Å². The Morgan fingerprint density at radius 1 is 1.02 bits per heavy atom. The molecule has 7 heteroatoms. The second-order valence-electron chi connectivity index (χ2n) is 12.2. The Balaban J connectivity index is 1.69. The van der Waals surface area contributed by atoms with Crippen LogP contribution in [0, 0.1) is 27.7 Å². The molecule has 2 aromatic rings. The molecule has 2 unspecified atom stereocenters. The van der Waals surface area contributed by atoms with E-state index in [1.165, 1.54) is 5.56 Å². The van der Waals surface area contributed by atoms with Gasteiger partial charge in [0, 0.05) is 12.7 Å². The van der Waals surface area contributed by atoms with Crippen LogP contribution in [0.2, 0.25) is 0 Å². The van der Waals surface area contributed by atoms with Gasteiger partial charge in [0.25, 0.3) is 0 Å². The number of allylic oxidation sites excluding steroid dienone is 3. The van der Waals surface area contributed by atoms with Crippen LogP contribution in [0.15, 0.2) is 52.5 Å². The van der Waals surface area contributed by atoms with Crippen LogP contribution < -0.4 is 9.47 Å². The largest absolute Gasteiger partial charge is 0.487 e. The molecule has 0 N–H and O–H groups in total. The van der Waals surface area contributed by atoms with Crippen LogP contribution in [-0.4, -0.2) is 46.4 Å². The molecule has 0 aromatic heterocycles. The summed E-state index contributed by atoms with van der Waals surface area (Å²) in [5, 5.41) is -0.592. The number of fused-ring (bicyclic) bond motifs is 1. The molecule has 3 rings (SSSR count). The fourth-order valence-corrected chi connectivity index (χ4v) is 7.33. The van der Waals surface area contributed by atoms with Gasteiger partial charge in [-0.1, -0.05) is 41.0 Å². The minimum absolute atomic E-state index is 0.189. The highest BCUT2D eigenvalue weighted by atomic mass is 32.2. The molecule has 1 heterocycles. The molecule has 2 atom stereocenters. The Labute approximate surface area is 254 Å². The minimum atomic E-state index is -3.49. The first-order valence-electron chi connectivity index (χ1n) is 14.9. The van der Waals surface area contributed by atoms with Gasteiger partial charge in [-0.15, -0.1) is 0 Å². The van der Waals surface area contributed by atoms with E-state index >= 15 is 0 Å². The number of rotatable bonds is 14. The lowest BCUT2D eigenvalue weighted by molar-refractivity contribution is -0.00936. The smallest absolute Gasteiger partial charge is 0.189 e. The zero-order chi connectivity index (χ0) is 31.1. The molecule has 0 bridgehead atoms. The molecule has 0 radical (unpaired) electrons. The number of methoxy groups -OCH3 is 1. The molecule has 0 saturated heterocycles. The lowest BCUT2D eigenvalue weighted by atomic mass is 9.85. The van der Waals surface area contributed by atoms with Crippen molar-refractivity contribution < 1.29 is 27.4 Å². The maximum absolute atomic E-state index is 13.5. The number of sulfone groups is 1. The first-order chi connectivity index (χ1) is 19.8. The first kappa shape index (κ1) is 33.9. The van der Waals surface area contributed by atoms with Gasteiger partial charge in [0.1, 0.15) is 17.1 Å². The van der Waals surface area contributed by atoms with Crippen molar-refractivity contribution in [3.05, 3.63) is 75.4 Å². The van der Waals surface area contributed by atoms with E-state index in [4.69, 9.17) is 18.9 Å². The SMILES string of the molecule is COCCOCOc1c(C)c(C)c2c(c1C)CCC(C)(CC/C=C(\C)CC(C=C(C)C)S(=O)(=O)c1ccc(C)cc1)O2. The summed E-state index contributed by atoms with van der Waals surface area (Å²) in [6.45, 7) is 17.6. The maximum atomic E-state index is 13.5. The van der Waals surface area contributed by atoms with Crippen LogP contribution in [0.4, 0.5) is 0 Å². The highest BCUT2D eigenvalue weighted by Crippen LogP contribution is 2.45. The second-order valence-corrected chi connectivity index (χ2v) is 14.3. The average molecular weight is 599 g/mol. The van der Waals surface area contributed by atoms with Crippen molar-refractivity contribution in [3.8, 4) is 11.5 Å². The van der Waals surface area contributed by atoms with Crippen LogP contribution in [0.1, 0.15) is 81.2 Å². The van der Waals surface area contributed by atoms with E-state index in [0.717, 1.165) is 70.6 Å². The van der Waals surface area contributed by atoms with Gasteiger partial charge in [-0.3, -0.25) is 0 Å². The van der Waals surface area contributed by atoms with Crippen molar-refractivity contribution >= 4 is 9.84 Å². The van der Waals surface area contributed by atoms with Crippen molar-refractivity contribution in [2.24, 2.45) is 0 Å². The third-order valence-electron chi connectivity index (χ3n) is 8.24. The van der Waals surface area contributed by atoms with E-state index in [1.54, 1.807) is 19.2 Å². The molecule has 1 aliphatic heterocycles. The van der Waals surface area contributed by atoms with Gasteiger partial charge >= 0.3 is 0 Å². The molecular weight excluding hydrogens is 548 g/mol. The summed E-state index contributed by atoms with van der Waals surface area (Å²) in [4.78, 5) is 0.373. The Morgan fingerprint density at radius 3 is 2.36 bits per heavy atom. The average Bonchev–Trinajstić information content (AvgIpc) is 2.93. The summed E-state index contributed by atoms with van der Waals surface area (Å²) in [5.74, 6) is 1.85. The summed E-state index contributed by atoms with van der Waals surface area (Å²) >= 11 is 0. The Bertz CT molecular complexity index is 1380. The number of hydrogen-bond donors (Lipinski definition) is 0. The zero-order valence-corrected chi connectivity index (χ0v) is 27.9. The molecule has 6 nitrogen and oxygen atoms in total. The van der Waals surface area contributed by atoms with Crippen LogP contribution in [0.5, 0.6) is 11.5 Å². The third-order valence-corrected chi connectivity index (χ3v) is 10.3. The van der Waals surface area contributed by atoms with Crippen molar-refractivity contribution in [2.45, 2.75) is 103 Å². The van der Waals surface area contributed by atoms with Gasteiger partial charge in [0.15, 0.2) is 16.6 Å². The summed E-state index contributed by atoms with van der Waals surface area (Å²) in [6, 6.07) is 7.14. The summed E-state index contributed by atoms with van der Waals surface area (Å²) in [7, 11) is -1.84. The normalized spacial score (nSPS) is 17.8. The molecule has 0 aliphatic carbocycles. The molecule has 2 aromatic carbocycles. The van der Waals surface area contributed by atoms with E-state index in [9.17, 15) is 8.42 Å². The minimum Gasteiger partial charge on any atom is -0.487 e. The summed E-state index contributed by atoms with van der Waals surface area (Å²) in [6.07, 6.45) is 8.03. The quantitative estimate of drug-likeness (QED) is 0.125. The number of aryl methyl sites for hydroxylation is 1. The summed E-state index contributed by atoms with van der Waals surface area (Å²) < 4.78 is 50.3. The second kappa shape index (κ2) is 14.7. The zero-order valence-electron chi connectivity index (χ0n) is 27.1. The standard InChI is InChI=1S/C35H50O6S/c1-24(2)21-31(42(36,37)30-14-12-25(3)13-15-30)22-26(4)11-10-17-35(8)18-16-32-29(7)33(40-23-39-20-19-38-9)27(5)28(6)34(32)41-35/h11-15,21,31H,10,16-20,22-23H2,1-9H3/b26-11+. The lowest BCUT2D eigenvalue weighted by Crippen LogP contribution is -2.37. The first-order valence-corrected chi connectivity index (χ1v) is 16.5. The van der Waals surface area contributed by atoms with E-state index in [1.807, 2.05) is 45.9 Å². The highest BCUT2D eigenvalue weighted by Gasteiger charge is 2.34. The molecule has 232 valence electrons. The number of ether oxygens (including phenoxy) is 4. The van der Waals surface area contributed by atoms with Crippen molar-refractivity contribution in [2.75, 3.05) is 27.1 Å². The molecule has 1 aliphatic rings. The molecule has 0 spiro atoms. The molecule has 0 saturated carbocycles. The fourth-order valence-electron chi connectivity index (χ4n) is 5.53. The predicted octanol–water partition coefficient (Wildman–Crippen LogP) is 7.93. The molecule has 42 heavy (non-hydrogen) atoms. The summed E-state index contributed by atoms with van der Waals surface area (Å²) in [5.41, 5.74) is 7.31. The van der Waals surface area contributed by atoms with Crippen LogP contribution >= 0.6 is 0 Å². The van der Waals surface area contributed by atoms with Crippen molar-refractivity contribution in [1.29, 1.82) is 0 Å². The van der Waals surface area contributed by atoms with Crippen LogP contribution in [0.3, 0.4) is 0 Å². The third kappa shape index (κ3) is 8.48. The number of benzene rings is 2. The molecule has 0 fully saturated rings. The van der Waals surface area contributed by atoms with Crippen molar-refractivity contribution in [3.63, 3.8) is 0 Å².